The lowest BCUT2D eigenvalue weighted by Gasteiger charge is -2.19. The summed E-state index contributed by atoms with van der Waals surface area (Å²) < 4.78 is 1.46. The number of carbonyl (C=O) groups excluding carboxylic acids is 1. The van der Waals surface area contributed by atoms with Crippen LogP contribution in [0.15, 0.2) is 35.4 Å². The summed E-state index contributed by atoms with van der Waals surface area (Å²) in [7, 11) is 1.78. The Bertz CT molecular complexity index is 1070. The molecule has 1 aromatic carbocycles. The van der Waals surface area contributed by atoms with Crippen molar-refractivity contribution in [3.8, 4) is 0 Å². The van der Waals surface area contributed by atoms with Gasteiger partial charge in [0.2, 0.25) is 5.91 Å². The van der Waals surface area contributed by atoms with Crippen LogP contribution in [0.5, 0.6) is 0 Å². The zero-order valence-electron chi connectivity index (χ0n) is 15.7. The number of likely N-dealkylation sites (N-methyl/N-ethyl adjacent to an activating group) is 1. The Kier molecular flexibility index (Phi) is 4.83. The maximum atomic E-state index is 13.0. The monoisotopic (exact) mass is 381 g/mol. The van der Waals surface area contributed by atoms with E-state index in [4.69, 9.17) is 0 Å². The lowest BCUT2D eigenvalue weighted by molar-refractivity contribution is -0.131. The number of aryl methyl sites for hydroxylation is 3. The van der Waals surface area contributed by atoms with Gasteiger partial charge in [-0.3, -0.25) is 14.2 Å². The number of fused-ring (bicyclic) bond motifs is 3. The summed E-state index contributed by atoms with van der Waals surface area (Å²) in [5.41, 5.74) is 3.34. The van der Waals surface area contributed by atoms with Gasteiger partial charge in [-0.2, -0.15) is 0 Å². The first-order chi connectivity index (χ1) is 13.0. The van der Waals surface area contributed by atoms with Crippen molar-refractivity contribution in [1.82, 2.24) is 14.5 Å². The Morgan fingerprint density at radius 1 is 1.26 bits per heavy atom. The SMILES string of the molecule is Cc1ccccc1CN(C)C(=O)Cn1cnc2sc3c(c2c1=O)CCCC3. The average Bonchev–Trinajstić information content (AvgIpc) is 3.05. The van der Waals surface area contributed by atoms with Gasteiger partial charge in [0, 0.05) is 18.5 Å². The number of benzene rings is 1. The third-order valence-electron chi connectivity index (χ3n) is 5.34. The normalized spacial score (nSPS) is 13.6. The van der Waals surface area contributed by atoms with Gasteiger partial charge >= 0.3 is 0 Å². The van der Waals surface area contributed by atoms with E-state index in [1.165, 1.54) is 22.2 Å². The van der Waals surface area contributed by atoms with Gasteiger partial charge in [0.25, 0.3) is 5.56 Å². The van der Waals surface area contributed by atoms with Crippen molar-refractivity contribution in [2.24, 2.45) is 0 Å². The van der Waals surface area contributed by atoms with Crippen LogP contribution in [-0.4, -0.2) is 27.4 Å². The van der Waals surface area contributed by atoms with E-state index in [0.717, 1.165) is 46.2 Å². The highest BCUT2D eigenvalue weighted by molar-refractivity contribution is 7.18. The van der Waals surface area contributed by atoms with E-state index < -0.39 is 0 Å². The highest BCUT2D eigenvalue weighted by Gasteiger charge is 2.21. The molecule has 0 aliphatic heterocycles. The molecule has 0 radical (unpaired) electrons. The summed E-state index contributed by atoms with van der Waals surface area (Å²) >= 11 is 1.63. The molecule has 5 nitrogen and oxygen atoms in total. The van der Waals surface area contributed by atoms with Crippen LogP contribution < -0.4 is 5.56 Å². The van der Waals surface area contributed by atoms with Crippen molar-refractivity contribution in [1.29, 1.82) is 0 Å². The molecule has 2 aromatic heterocycles. The number of nitrogens with zero attached hydrogens (tertiary/aromatic N) is 3. The second-order valence-electron chi connectivity index (χ2n) is 7.24. The maximum absolute atomic E-state index is 13.0. The minimum absolute atomic E-state index is 0.0226. The predicted molar refractivity (Wildman–Crippen MR) is 108 cm³/mol. The highest BCUT2D eigenvalue weighted by atomic mass is 32.1. The molecule has 0 unspecified atom stereocenters. The lowest BCUT2D eigenvalue weighted by Crippen LogP contribution is -2.34. The van der Waals surface area contributed by atoms with Gasteiger partial charge in [-0.25, -0.2) is 4.98 Å². The molecule has 4 rings (SSSR count). The Labute approximate surface area is 162 Å². The van der Waals surface area contributed by atoms with Crippen LogP contribution in [0.2, 0.25) is 0 Å². The second kappa shape index (κ2) is 7.27. The quantitative estimate of drug-likeness (QED) is 0.697. The van der Waals surface area contributed by atoms with Gasteiger partial charge in [-0.05, 0) is 49.3 Å². The maximum Gasteiger partial charge on any atom is 0.262 e. The van der Waals surface area contributed by atoms with Crippen molar-refractivity contribution < 1.29 is 4.79 Å². The zero-order valence-corrected chi connectivity index (χ0v) is 16.5. The molecule has 0 N–H and O–H groups in total. The number of hydrogen-bond acceptors (Lipinski definition) is 4. The number of carbonyl (C=O) groups is 1. The summed E-state index contributed by atoms with van der Waals surface area (Å²) in [6.07, 6.45) is 5.79. The highest BCUT2D eigenvalue weighted by Crippen LogP contribution is 2.33. The molecule has 1 amide bonds. The molecule has 1 aliphatic rings. The van der Waals surface area contributed by atoms with Crippen LogP contribution in [0.25, 0.3) is 10.2 Å². The van der Waals surface area contributed by atoms with E-state index in [2.05, 4.69) is 4.98 Å². The number of rotatable bonds is 4. The molecule has 140 valence electrons. The number of hydrogen-bond donors (Lipinski definition) is 0. The van der Waals surface area contributed by atoms with Crippen LogP contribution in [0.4, 0.5) is 0 Å². The number of thiophene rings is 1. The lowest BCUT2D eigenvalue weighted by atomic mass is 9.97. The first-order valence-electron chi connectivity index (χ1n) is 9.32. The Morgan fingerprint density at radius 3 is 2.85 bits per heavy atom. The smallest absolute Gasteiger partial charge is 0.262 e. The van der Waals surface area contributed by atoms with Gasteiger partial charge in [0.1, 0.15) is 11.4 Å². The fraction of sp³-hybridized carbons (Fsp3) is 0.381. The summed E-state index contributed by atoms with van der Waals surface area (Å²) in [6, 6.07) is 8.03. The molecular weight excluding hydrogens is 358 g/mol. The second-order valence-corrected chi connectivity index (χ2v) is 8.33. The molecule has 0 fully saturated rings. The molecule has 2 heterocycles. The number of amides is 1. The van der Waals surface area contributed by atoms with Crippen molar-refractivity contribution in [3.63, 3.8) is 0 Å². The van der Waals surface area contributed by atoms with Crippen LogP contribution >= 0.6 is 11.3 Å². The molecule has 27 heavy (non-hydrogen) atoms. The van der Waals surface area contributed by atoms with Crippen LogP contribution in [0.3, 0.4) is 0 Å². The van der Waals surface area contributed by atoms with E-state index in [1.54, 1.807) is 23.3 Å². The van der Waals surface area contributed by atoms with E-state index in [1.807, 2.05) is 31.2 Å². The molecule has 0 saturated heterocycles. The average molecular weight is 382 g/mol. The Balaban J connectivity index is 1.58. The standard InChI is InChI=1S/C21H23N3O2S/c1-14-7-3-4-8-15(14)11-23(2)18(25)12-24-13-22-20-19(21(24)26)16-9-5-6-10-17(16)27-20/h3-4,7-8,13H,5-6,9-12H2,1-2H3. The fourth-order valence-corrected chi connectivity index (χ4v) is 4.91. The molecule has 0 bridgehead atoms. The molecular formula is C21H23N3O2S. The first-order valence-corrected chi connectivity index (χ1v) is 10.1. The van der Waals surface area contributed by atoms with E-state index in [-0.39, 0.29) is 18.0 Å². The molecule has 1 aliphatic carbocycles. The van der Waals surface area contributed by atoms with Gasteiger partial charge in [-0.15, -0.1) is 11.3 Å². The Hall–Kier alpha value is -2.47. The van der Waals surface area contributed by atoms with Crippen molar-refractivity contribution >= 4 is 27.5 Å². The van der Waals surface area contributed by atoms with Crippen LogP contribution in [-0.2, 0) is 30.7 Å². The van der Waals surface area contributed by atoms with E-state index >= 15 is 0 Å². The molecule has 0 atom stereocenters. The van der Waals surface area contributed by atoms with E-state index in [9.17, 15) is 9.59 Å². The van der Waals surface area contributed by atoms with Gasteiger partial charge in [0.05, 0.1) is 11.7 Å². The van der Waals surface area contributed by atoms with Gasteiger partial charge < -0.3 is 4.90 Å². The summed E-state index contributed by atoms with van der Waals surface area (Å²) in [4.78, 5) is 33.9. The minimum atomic E-state index is -0.0920. The topological polar surface area (TPSA) is 55.2 Å². The minimum Gasteiger partial charge on any atom is -0.340 e. The molecule has 0 spiro atoms. The van der Waals surface area contributed by atoms with Crippen molar-refractivity contribution in [2.45, 2.75) is 45.7 Å². The van der Waals surface area contributed by atoms with Crippen LogP contribution in [0, 0.1) is 6.92 Å². The summed E-state index contributed by atoms with van der Waals surface area (Å²) in [6.45, 7) is 2.59. The predicted octanol–water partition coefficient (Wildman–Crippen LogP) is 3.30. The molecule has 6 heteroatoms. The largest absolute Gasteiger partial charge is 0.340 e. The molecule has 0 saturated carbocycles. The zero-order chi connectivity index (χ0) is 19.0. The number of aromatic nitrogens is 2. The van der Waals surface area contributed by atoms with Crippen molar-refractivity contribution in [3.05, 3.63) is 62.5 Å². The third kappa shape index (κ3) is 3.41. The first kappa shape index (κ1) is 17.9. The summed E-state index contributed by atoms with van der Waals surface area (Å²) in [5.74, 6) is -0.0920. The summed E-state index contributed by atoms with van der Waals surface area (Å²) in [5, 5.41) is 0.728. The van der Waals surface area contributed by atoms with Gasteiger partial charge in [0.15, 0.2) is 0 Å². The molecule has 3 aromatic rings. The van der Waals surface area contributed by atoms with E-state index in [0.29, 0.717) is 6.54 Å². The fourth-order valence-electron chi connectivity index (χ4n) is 3.69. The van der Waals surface area contributed by atoms with Crippen LogP contribution in [0.1, 0.15) is 34.4 Å². The third-order valence-corrected chi connectivity index (χ3v) is 6.54. The Morgan fingerprint density at radius 2 is 2.04 bits per heavy atom. The van der Waals surface area contributed by atoms with Gasteiger partial charge in [-0.1, -0.05) is 24.3 Å². The van der Waals surface area contributed by atoms with Crippen molar-refractivity contribution in [2.75, 3.05) is 7.05 Å².